The summed E-state index contributed by atoms with van der Waals surface area (Å²) in [6, 6.07) is 0. The number of amides is 2. The molecule has 0 aromatic carbocycles. The molecule has 0 aliphatic carbocycles. The molecular weight excluding hydrogens is 188 g/mol. The van der Waals surface area contributed by atoms with Crippen LogP contribution in [0.1, 0.15) is 6.92 Å². The smallest absolute Gasteiger partial charge is 0.323 e. The Morgan fingerprint density at radius 2 is 1.79 bits per heavy atom. The number of carbonyl (C=O) groups is 3. The molecule has 1 aliphatic heterocycles. The van der Waals surface area contributed by atoms with Gasteiger partial charge in [0, 0.05) is 19.6 Å². The Balaban J connectivity index is 2.64. The fourth-order valence-electron chi connectivity index (χ4n) is 1.33. The zero-order valence-corrected chi connectivity index (χ0v) is 7.89. The second-order valence-corrected chi connectivity index (χ2v) is 3.01. The van der Waals surface area contributed by atoms with Crippen LogP contribution in [0, 0.1) is 0 Å². The molecule has 1 rings (SSSR count). The van der Waals surface area contributed by atoms with E-state index in [2.05, 4.69) is 0 Å². The van der Waals surface area contributed by atoms with Crippen molar-refractivity contribution in [3.05, 3.63) is 0 Å². The van der Waals surface area contributed by atoms with E-state index >= 15 is 0 Å². The molecule has 0 radical (unpaired) electrons. The van der Waals surface area contributed by atoms with Crippen molar-refractivity contribution in [1.29, 1.82) is 0 Å². The lowest BCUT2D eigenvalue weighted by Gasteiger charge is -2.31. The lowest BCUT2D eigenvalue weighted by atomic mass is 10.3. The summed E-state index contributed by atoms with van der Waals surface area (Å²) in [5.74, 6) is -2.43. The molecule has 0 aromatic heterocycles. The predicted octanol–water partition coefficient (Wildman–Crippen LogP) is -1.24. The number of nitrogens with zero attached hydrogens (tertiary/aromatic N) is 2. The zero-order valence-electron chi connectivity index (χ0n) is 7.89. The van der Waals surface area contributed by atoms with Gasteiger partial charge in [0.1, 0.15) is 6.54 Å². The van der Waals surface area contributed by atoms with Gasteiger partial charge in [-0.25, -0.2) is 0 Å². The van der Waals surface area contributed by atoms with Crippen LogP contribution in [-0.2, 0) is 14.4 Å². The highest BCUT2D eigenvalue weighted by molar-refractivity contribution is 6.35. The summed E-state index contributed by atoms with van der Waals surface area (Å²) in [6.45, 7) is 2.56. The molecule has 1 N–H and O–H groups in total. The summed E-state index contributed by atoms with van der Waals surface area (Å²) in [5.41, 5.74) is 0. The predicted molar refractivity (Wildman–Crippen MR) is 46.5 cm³/mol. The minimum atomic E-state index is -1.10. The van der Waals surface area contributed by atoms with Gasteiger partial charge < -0.3 is 14.9 Å². The Morgan fingerprint density at radius 1 is 1.29 bits per heavy atom. The van der Waals surface area contributed by atoms with Crippen LogP contribution >= 0.6 is 0 Å². The van der Waals surface area contributed by atoms with Gasteiger partial charge in [-0.3, -0.25) is 14.4 Å². The standard InChI is InChI=1S/C8H12N2O4/c1-2-9-3-4-10(5-6(11)12)8(14)7(9)13/h2-5H2,1H3,(H,11,12). The van der Waals surface area contributed by atoms with Gasteiger partial charge in [0.25, 0.3) is 0 Å². The largest absolute Gasteiger partial charge is 0.480 e. The third-order valence-electron chi connectivity index (χ3n) is 2.11. The summed E-state index contributed by atoms with van der Waals surface area (Å²) in [4.78, 5) is 35.4. The van der Waals surface area contributed by atoms with E-state index in [0.717, 1.165) is 4.90 Å². The Morgan fingerprint density at radius 3 is 2.29 bits per heavy atom. The number of likely N-dealkylation sites (N-methyl/N-ethyl adjacent to an activating group) is 1. The number of aliphatic carboxylic acids is 1. The lowest BCUT2D eigenvalue weighted by molar-refractivity contribution is -0.158. The van der Waals surface area contributed by atoms with E-state index < -0.39 is 24.3 Å². The van der Waals surface area contributed by atoms with E-state index in [1.807, 2.05) is 0 Å². The number of piperazine rings is 1. The first-order chi connectivity index (χ1) is 6.56. The molecule has 1 aliphatic rings. The van der Waals surface area contributed by atoms with Crippen LogP contribution in [0.25, 0.3) is 0 Å². The average molecular weight is 200 g/mol. The van der Waals surface area contributed by atoms with Crippen molar-refractivity contribution in [2.24, 2.45) is 0 Å². The van der Waals surface area contributed by atoms with Crippen molar-refractivity contribution in [2.45, 2.75) is 6.92 Å². The number of hydrogen-bond acceptors (Lipinski definition) is 3. The van der Waals surface area contributed by atoms with E-state index in [4.69, 9.17) is 5.11 Å². The highest BCUT2D eigenvalue weighted by Gasteiger charge is 2.32. The Bertz CT molecular complexity index is 277. The molecule has 1 saturated heterocycles. The zero-order chi connectivity index (χ0) is 10.7. The molecule has 0 aromatic rings. The number of carboxylic acids is 1. The Kier molecular flexibility index (Phi) is 3.06. The molecule has 0 bridgehead atoms. The molecule has 6 heteroatoms. The van der Waals surface area contributed by atoms with Gasteiger partial charge in [-0.2, -0.15) is 0 Å². The van der Waals surface area contributed by atoms with Crippen molar-refractivity contribution in [3.8, 4) is 0 Å². The average Bonchev–Trinajstić information content (AvgIpc) is 2.13. The molecule has 0 unspecified atom stereocenters. The van der Waals surface area contributed by atoms with Crippen molar-refractivity contribution in [3.63, 3.8) is 0 Å². The molecule has 1 heterocycles. The maximum absolute atomic E-state index is 11.3. The first kappa shape index (κ1) is 10.5. The van der Waals surface area contributed by atoms with Crippen LogP contribution in [0.2, 0.25) is 0 Å². The highest BCUT2D eigenvalue weighted by atomic mass is 16.4. The van der Waals surface area contributed by atoms with Gasteiger partial charge in [0.05, 0.1) is 0 Å². The molecule has 1 fully saturated rings. The second-order valence-electron chi connectivity index (χ2n) is 3.01. The molecule has 0 atom stereocenters. The summed E-state index contributed by atoms with van der Waals surface area (Å²) >= 11 is 0. The fraction of sp³-hybridized carbons (Fsp3) is 0.625. The molecule has 78 valence electrons. The number of hydrogen-bond donors (Lipinski definition) is 1. The van der Waals surface area contributed by atoms with Crippen LogP contribution in [0.4, 0.5) is 0 Å². The SMILES string of the molecule is CCN1CCN(CC(=O)O)C(=O)C1=O. The third-order valence-corrected chi connectivity index (χ3v) is 2.11. The van der Waals surface area contributed by atoms with Crippen LogP contribution < -0.4 is 0 Å². The maximum atomic E-state index is 11.3. The van der Waals surface area contributed by atoms with Gasteiger partial charge in [-0.05, 0) is 6.92 Å². The summed E-state index contributed by atoms with van der Waals surface area (Å²) < 4.78 is 0. The van der Waals surface area contributed by atoms with Crippen molar-refractivity contribution < 1.29 is 19.5 Å². The number of carbonyl (C=O) groups excluding carboxylic acids is 2. The number of carboxylic acid groups (broad SMARTS) is 1. The van der Waals surface area contributed by atoms with Crippen molar-refractivity contribution in [1.82, 2.24) is 9.80 Å². The van der Waals surface area contributed by atoms with Crippen LogP contribution in [0.3, 0.4) is 0 Å². The summed E-state index contributed by atoms with van der Waals surface area (Å²) in [6.07, 6.45) is 0. The first-order valence-corrected chi connectivity index (χ1v) is 4.36. The van der Waals surface area contributed by atoms with Gasteiger partial charge in [-0.15, -0.1) is 0 Å². The van der Waals surface area contributed by atoms with Gasteiger partial charge in [-0.1, -0.05) is 0 Å². The maximum Gasteiger partial charge on any atom is 0.323 e. The monoisotopic (exact) mass is 200 g/mol. The van der Waals surface area contributed by atoms with Crippen LogP contribution in [-0.4, -0.2) is 58.9 Å². The fourth-order valence-corrected chi connectivity index (χ4v) is 1.33. The van der Waals surface area contributed by atoms with Crippen molar-refractivity contribution >= 4 is 17.8 Å². The quantitative estimate of drug-likeness (QED) is 0.578. The highest BCUT2D eigenvalue weighted by Crippen LogP contribution is 2.03. The van der Waals surface area contributed by atoms with Gasteiger partial charge >= 0.3 is 17.8 Å². The Labute approximate surface area is 81.1 Å². The molecule has 0 spiro atoms. The Hall–Kier alpha value is -1.59. The van der Waals surface area contributed by atoms with E-state index in [9.17, 15) is 14.4 Å². The van der Waals surface area contributed by atoms with Crippen LogP contribution in [0.5, 0.6) is 0 Å². The molecular formula is C8H12N2O4. The van der Waals surface area contributed by atoms with E-state index in [0.29, 0.717) is 19.6 Å². The summed E-state index contributed by atoms with van der Waals surface area (Å²) in [5, 5.41) is 8.47. The van der Waals surface area contributed by atoms with E-state index in [1.165, 1.54) is 4.90 Å². The molecule has 6 nitrogen and oxygen atoms in total. The summed E-state index contributed by atoms with van der Waals surface area (Å²) in [7, 11) is 0. The van der Waals surface area contributed by atoms with Crippen LogP contribution in [0.15, 0.2) is 0 Å². The third kappa shape index (κ3) is 2.01. The van der Waals surface area contributed by atoms with Gasteiger partial charge in [0.15, 0.2) is 0 Å². The topological polar surface area (TPSA) is 77.9 Å². The van der Waals surface area contributed by atoms with E-state index in [1.54, 1.807) is 6.92 Å². The second kappa shape index (κ2) is 4.08. The first-order valence-electron chi connectivity index (χ1n) is 4.36. The lowest BCUT2D eigenvalue weighted by Crippen LogP contribution is -2.55. The molecule has 2 amide bonds. The minimum absolute atomic E-state index is 0.296. The normalized spacial score (nSPS) is 17.5. The molecule has 14 heavy (non-hydrogen) atoms. The molecule has 0 saturated carbocycles. The number of rotatable bonds is 3. The van der Waals surface area contributed by atoms with E-state index in [-0.39, 0.29) is 0 Å². The minimum Gasteiger partial charge on any atom is -0.480 e. The van der Waals surface area contributed by atoms with Crippen molar-refractivity contribution in [2.75, 3.05) is 26.2 Å². The van der Waals surface area contributed by atoms with Gasteiger partial charge in [0.2, 0.25) is 0 Å².